The van der Waals surface area contributed by atoms with Crippen LogP contribution in [0.25, 0.3) is 0 Å². The van der Waals surface area contributed by atoms with Crippen LogP contribution < -0.4 is 10.6 Å². The van der Waals surface area contributed by atoms with Gasteiger partial charge in [-0.25, -0.2) is 4.79 Å². The van der Waals surface area contributed by atoms with Crippen LogP contribution in [0.2, 0.25) is 0 Å². The number of esters is 1. The number of hydrogen-bond acceptors (Lipinski definition) is 6. The van der Waals surface area contributed by atoms with Crippen LogP contribution in [0, 0.1) is 17.8 Å². The highest BCUT2D eigenvalue weighted by atomic mass is 32.2. The molecule has 1 heterocycles. The summed E-state index contributed by atoms with van der Waals surface area (Å²) in [7, 11) is 0. The summed E-state index contributed by atoms with van der Waals surface area (Å²) in [5, 5.41) is 4.84. The Kier molecular flexibility index (Phi) is 6.35. The van der Waals surface area contributed by atoms with Gasteiger partial charge in [0.05, 0.1) is 10.00 Å². The minimum Gasteiger partial charge on any atom is -0.455 e. The lowest BCUT2D eigenvalue weighted by molar-refractivity contribution is -0.155. The van der Waals surface area contributed by atoms with Crippen molar-refractivity contribution in [3.8, 4) is 0 Å². The summed E-state index contributed by atoms with van der Waals surface area (Å²) in [5.74, 6) is 2.54. The Morgan fingerprint density at radius 1 is 1.07 bits per heavy atom. The van der Waals surface area contributed by atoms with Gasteiger partial charge in [-0.15, -0.1) is 23.5 Å². The number of carbonyl (C=O) groups is 3. The molecule has 3 fully saturated rings. The summed E-state index contributed by atoms with van der Waals surface area (Å²) in [4.78, 5) is 36.1. The van der Waals surface area contributed by atoms with Gasteiger partial charge < -0.3 is 10.1 Å². The Labute approximate surface area is 169 Å². The highest BCUT2D eigenvalue weighted by molar-refractivity contribution is 8.21. The van der Waals surface area contributed by atoms with E-state index in [-0.39, 0.29) is 11.9 Å². The Bertz CT molecular complexity index is 583. The third-order valence-electron chi connectivity index (χ3n) is 5.54. The first-order valence-electron chi connectivity index (χ1n) is 9.76. The summed E-state index contributed by atoms with van der Waals surface area (Å²) in [5.41, 5.74) is -0.437. The van der Waals surface area contributed by atoms with Gasteiger partial charge in [0.2, 0.25) is 0 Å². The molecule has 2 saturated carbocycles. The molecule has 1 unspecified atom stereocenters. The molecule has 27 heavy (non-hydrogen) atoms. The van der Waals surface area contributed by atoms with E-state index in [4.69, 9.17) is 4.74 Å². The van der Waals surface area contributed by atoms with E-state index >= 15 is 0 Å². The van der Waals surface area contributed by atoms with Crippen LogP contribution in [0.5, 0.6) is 0 Å². The third kappa shape index (κ3) is 4.94. The lowest BCUT2D eigenvalue weighted by Crippen LogP contribution is -2.49. The summed E-state index contributed by atoms with van der Waals surface area (Å²) in [6, 6.07) is -0.576. The van der Waals surface area contributed by atoms with Crippen LogP contribution in [0.4, 0.5) is 4.79 Å². The largest absolute Gasteiger partial charge is 0.455 e. The predicted molar refractivity (Wildman–Crippen MR) is 109 cm³/mol. The molecule has 3 amide bonds. The minimum atomic E-state index is -0.598. The van der Waals surface area contributed by atoms with Gasteiger partial charge in [-0.2, -0.15) is 0 Å². The zero-order valence-electron chi connectivity index (χ0n) is 16.3. The number of nitrogens with one attached hydrogen (secondary N) is 2. The van der Waals surface area contributed by atoms with E-state index in [1.165, 1.54) is 30.8 Å². The van der Waals surface area contributed by atoms with Crippen molar-refractivity contribution in [2.45, 2.75) is 62.5 Å². The second kappa shape index (κ2) is 8.23. The van der Waals surface area contributed by atoms with Crippen LogP contribution >= 0.6 is 23.5 Å². The van der Waals surface area contributed by atoms with Gasteiger partial charge in [0.25, 0.3) is 5.91 Å². The Morgan fingerprint density at radius 2 is 1.67 bits per heavy atom. The van der Waals surface area contributed by atoms with Gasteiger partial charge >= 0.3 is 12.0 Å². The number of rotatable bonds is 3. The molecule has 3 rings (SSSR count). The van der Waals surface area contributed by atoms with Crippen LogP contribution in [0.1, 0.15) is 52.9 Å². The van der Waals surface area contributed by atoms with Crippen molar-refractivity contribution in [1.29, 1.82) is 0 Å². The summed E-state index contributed by atoms with van der Waals surface area (Å²) in [6.45, 7) is 5.07. The summed E-state index contributed by atoms with van der Waals surface area (Å²) >= 11 is 4.21. The lowest BCUT2D eigenvalue weighted by atomic mass is 9.67. The maximum atomic E-state index is 12.5. The number of ether oxygens (including phenoxy) is 1. The van der Waals surface area contributed by atoms with E-state index in [1.54, 1.807) is 0 Å². The third-order valence-corrected chi connectivity index (χ3v) is 9.56. The molecule has 1 saturated heterocycles. The Hall–Kier alpha value is -0.890. The summed E-state index contributed by atoms with van der Waals surface area (Å²) < 4.78 is 5.56. The van der Waals surface area contributed by atoms with Crippen molar-refractivity contribution in [1.82, 2.24) is 10.6 Å². The average molecular weight is 415 g/mol. The van der Waals surface area contributed by atoms with Crippen LogP contribution in [-0.2, 0) is 14.3 Å². The van der Waals surface area contributed by atoms with Crippen LogP contribution in [0.15, 0.2) is 0 Å². The van der Waals surface area contributed by atoms with E-state index in [0.717, 1.165) is 12.8 Å². The second-order valence-corrected chi connectivity index (χ2v) is 11.8. The molecule has 1 spiro atoms. The maximum Gasteiger partial charge on any atom is 0.321 e. The molecular formula is C19H30N2O4S2. The van der Waals surface area contributed by atoms with Gasteiger partial charge in [-0.3, -0.25) is 14.9 Å². The molecule has 3 atom stereocenters. The predicted octanol–water partition coefficient (Wildman–Crippen LogP) is 3.16. The average Bonchev–Trinajstić information content (AvgIpc) is 3.00. The number of hydrogen-bond donors (Lipinski definition) is 2. The smallest absolute Gasteiger partial charge is 0.321 e. The van der Waals surface area contributed by atoms with E-state index in [9.17, 15) is 14.4 Å². The first kappa shape index (κ1) is 20.8. The zero-order chi connectivity index (χ0) is 19.7. The fourth-order valence-corrected chi connectivity index (χ4v) is 8.53. The van der Waals surface area contributed by atoms with Gasteiger partial charge in [-0.1, -0.05) is 6.42 Å². The quantitative estimate of drug-likeness (QED) is 0.690. The number of thioether (sulfide) groups is 2. The molecule has 0 aromatic rings. The highest BCUT2D eigenvalue weighted by Gasteiger charge is 2.55. The fourth-order valence-electron chi connectivity index (χ4n) is 4.59. The number of imide groups is 1. The molecule has 0 aromatic heterocycles. The van der Waals surface area contributed by atoms with Crippen molar-refractivity contribution in [3.05, 3.63) is 0 Å². The van der Waals surface area contributed by atoms with Crippen molar-refractivity contribution in [3.63, 3.8) is 0 Å². The Balaban J connectivity index is 1.48. The molecule has 3 aliphatic rings. The van der Waals surface area contributed by atoms with Gasteiger partial charge in [0, 0.05) is 17.0 Å². The van der Waals surface area contributed by atoms with E-state index < -0.39 is 24.1 Å². The fraction of sp³-hybridized carbons (Fsp3) is 0.842. The number of carbonyl (C=O) groups excluding carboxylic acids is 3. The number of amides is 3. The van der Waals surface area contributed by atoms with Crippen molar-refractivity contribution in [2.24, 2.45) is 17.8 Å². The van der Waals surface area contributed by atoms with Gasteiger partial charge in [0.15, 0.2) is 6.61 Å². The monoisotopic (exact) mass is 414 g/mol. The van der Waals surface area contributed by atoms with Gasteiger partial charge in [-0.05, 0) is 58.3 Å². The molecule has 2 N–H and O–H groups in total. The molecule has 2 bridgehead atoms. The molecular weight excluding hydrogens is 384 g/mol. The molecule has 152 valence electrons. The molecule has 6 nitrogen and oxygen atoms in total. The SMILES string of the molecule is CC(C)(C)NC(=O)NC(=O)COC(=O)C1C[C@H]2CCC[C@@H](C1)C21SCCS1. The topological polar surface area (TPSA) is 84.5 Å². The van der Waals surface area contributed by atoms with E-state index in [1.807, 2.05) is 20.8 Å². The Morgan fingerprint density at radius 3 is 2.22 bits per heavy atom. The minimum absolute atomic E-state index is 0.121. The van der Waals surface area contributed by atoms with Crippen molar-refractivity contribution < 1.29 is 19.1 Å². The normalized spacial score (nSPS) is 29.2. The van der Waals surface area contributed by atoms with Crippen LogP contribution in [-0.4, -0.2) is 45.6 Å². The summed E-state index contributed by atoms with van der Waals surface area (Å²) in [6.07, 6.45) is 5.36. The molecule has 0 radical (unpaired) electrons. The molecule has 8 heteroatoms. The van der Waals surface area contributed by atoms with Gasteiger partial charge in [0.1, 0.15) is 0 Å². The van der Waals surface area contributed by atoms with E-state index in [2.05, 4.69) is 34.2 Å². The molecule has 1 aliphatic heterocycles. The van der Waals surface area contributed by atoms with E-state index in [0.29, 0.717) is 15.9 Å². The van der Waals surface area contributed by atoms with Crippen molar-refractivity contribution >= 4 is 41.4 Å². The van der Waals surface area contributed by atoms with Crippen molar-refractivity contribution in [2.75, 3.05) is 18.1 Å². The number of urea groups is 1. The van der Waals surface area contributed by atoms with Crippen LogP contribution in [0.3, 0.4) is 0 Å². The second-order valence-electron chi connectivity index (χ2n) is 8.77. The zero-order valence-corrected chi connectivity index (χ0v) is 18.0. The molecule has 2 aliphatic carbocycles. The standard InChI is InChI=1S/C19H30N2O4S2/c1-18(2,3)21-17(24)20-15(22)11-25-16(23)12-9-13-5-4-6-14(10-12)19(13)26-7-8-27-19/h12-14H,4-11H2,1-3H3,(H2,20,21,22,24)/t12?,13-,14+. The maximum absolute atomic E-state index is 12.5. The lowest BCUT2D eigenvalue weighted by Gasteiger charge is -2.51. The first-order chi connectivity index (χ1) is 12.7. The highest BCUT2D eigenvalue weighted by Crippen LogP contribution is 2.64. The molecule has 0 aromatic carbocycles. The first-order valence-corrected chi connectivity index (χ1v) is 11.7.